The van der Waals surface area contributed by atoms with Gasteiger partial charge < -0.3 is 15.2 Å². The lowest BCUT2D eigenvalue weighted by atomic mass is 9.97. The second kappa shape index (κ2) is 7.56. The minimum Gasteiger partial charge on any atom is -0.352 e. The number of piperidine rings is 1. The van der Waals surface area contributed by atoms with Crippen LogP contribution < -0.4 is 10.2 Å². The lowest BCUT2D eigenvalue weighted by molar-refractivity contribution is -0.125. The van der Waals surface area contributed by atoms with Gasteiger partial charge in [-0.25, -0.2) is 9.37 Å². The Morgan fingerprint density at radius 2 is 2.11 bits per heavy atom. The molecule has 1 unspecified atom stereocenters. The molecule has 1 aliphatic heterocycles. The molecule has 1 saturated heterocycles. The number of aromatic nitrogens is 2. The molecule has 0 radical (unpaired) electrons. The molecule has 0 aliphatic carbocycles. The van der Waals surface area contributed by atoms with E-state index in [2.05, 4.69) is 20.2 Å². The number of carbonyl (C=O) groups excluding carboxylic acids is 1. The molecule has 1 aliphatic rings. The van der Waals surface area contributed by atoms with Gasteiger partial charge in [-0.1, -0.05) is 23.7 Å². The standard InChI is InChI=1S/C20H20ClFN4O/c21-15-5-8-17-18(10-15)25-20(24-17)26-9-1-2-14(12-26)19(27)23-11-13-3-6-16(22)7-4-13/h3-8,10,14H,1-2,9,11-12H2,(H,23,27)(H,24,25). The third-order valence-corrected chi connectivity index (χ3v) is 5.14. The summed E-state index contributed by atoms with van der Waals surface area (Å²) in [6.07, 6.45) is 1.77. The number of rotatable bonds is 4. The van der Waals surface area contributed by atoms with E-state index < -0.39 is 0 Å². The van der Waals surface area contributed by atoms with Gasteiger partial charge in [0.2, 0.25) is 11.9 Å². The third kappa shape index (κ3) is 4.06. The molecule has 2 aromatic carbocycles. The number of amides is 1. The molecule has 0 bridgehead atoms. The number of aromatic amines is 1. The Morgan fingerprint density at radius 1 is 1.30 bits per heavy atom. The number of benzene rings is 2. The van der Waals surface area contributed by atoms with Crippen LogP contribution >= 0.6 is 11.6 Å². The zero-order chi connectivity index (χ0) is 18.8. The van der Waals surface area contributed by atoms with Crippen LogP contribution in [0.25, 0.3) is 11.0 Å². The van der Waals surface area contributed by atoms with Crippen molar-refractivity contribution in [2.75, 3.05) is 18.0 Å². The van der Waals surface area contributed by atoms with Crippen LogP contribution in [-0.4, -0.2) is 29.0 Å². The van der Waals surface area contributed by atoms with Crippen molar-refractivity contribution in [2.24, 2.45) is 5.92 Å². The fourth-order valence-corrected chi connectivity index (χ4v) is 3.61. The highest BCUT2D eigenvalue weighted by atomic mass is 35.5. The predicted octanol–water partition coefficient (Wildman–Crippen LogP) is 3.89. The number of anilines is 1. The summed E-state index contributed by atoms with van der Waals surface area (Å²) in [5.74, 6) is 0.405. The summed E-state index contributed by atoms with van der Waals surface area (Å²) in [7, 11) is 0. The summed E-state index contributed by atoms with van der Waals surface area (Å²) in [6, 6.07) is 11.7. The van der Waals surface area contributed by atoms with Gasteiger partial charge in [-0.15, -0.1) is 0 Å². The lowest BCUT2D eigenvalue weighted by Gasteiger charge is -2.31. The zero-order valence-electron chi connectivity index (χ0n) is 14.7. The van der Waals surface area contributed by atoms with Crippen LogP contribution in [0.15, 0.2) is 42.5 Å². The topological polar surface area (TPSA) is 61.0 Å². The Morgan fingerprint density at radius 3 is 2.93 bits per heavy atom. The molecule has 3 aromatic rings. The van der Waals surface area contributed by atoms with Gasteiger partial charge in [0.25, 0.3) is 0 Å². The van der Waals surface area contributed by atoms with Crippen molar-refractivity contribution in [2.45, 2.75) is 19.4 Å². The first kappa shape index (κ1) is 17.8. The van der Waals surface area contributed by atoms with E-state index >= 15 is 0 Å². The van der Waals surface area contributed by atoms with Gasteiger partial charge in [-0.05, 0) is 48.7 Å². The van der Waals surface area contributed by atoms with Crippen molar-refractivity contribution >= 4 is 34.5 Å². The van der Waals surface area contributed by atoms with Gasteiger partial charge in [0, 0.05) is 24.7 Å². The van der Waals surface area contributed by atoms with E-state index in [1.165, 1.54) is 12.1 Å². The molecule has 7 heteroatoms. The molecule has 4 rings (SSSR count). The van der Waals surface area contributed by atoms with E-state index in [-0.39, 0.29) is 17.6 Å². The number of halogens is 2. The Kier molecular flexibility index (Phi) is 4.99. The van der Waals surface area contributed by atoms with Crippen LogP contribution in [0.4, 0.5) is 10.3 Å². The molecule has 0 saturated carbocycles. The number of hydrogen-bond donors (Lipinski definition) is 2. The summed E-state index contributed by atoms with van der Waals surface area (Å²) >= 11 is 6.04. The highest BCUT2D eigenvalue weighted by Crippen LogP contribution is 2.25. The smallest absolute Gasteiger partial charge is 0.225 e. The largest absolute Gasteiger partial charge is 0.352 e. The second-order valence-corrected chi connectivity index (χ2v) is 7.29. The first-order valence-electron chi connectivity index (χ1n) is 9.01. The predicted molar refractivity (Wildman–Crippen MR) is 104 cm³/mol. The third-order valence-electron chi connectivity index (χ3n) is 4.90. The molecule has 140 valence electrons. The van der Waals surface area contributed by atoms with Crippen molar-refractivity contribution in [3.05, 3.63) is 58.9 Å². The average molecular weight is 387 g/mol. The quantitative estimate of drug-likeness (QED) is 0.715. The van der Waals surface area contributed by atoms with Crippen molar-refractivity contribution in [1.82, 2.24) is 15.3 Å². The Hall–Kier alpha value is -2.60. The number of hydrogen-bond acceptors (Lipinski definition) is 3. The summed E-state index contributed by atoms with van der Waals surface area (Å²) in [5, 5.41) is 3.62. The average Bonchev–Trinajstić information content (AvgIpc) is 3.10. The van der Waals surface area contributed by atoms with Crippen LogP contribution in [0.2, 0.25) is 5.02 Å². The maximum absolute atomic E-state index is 13.0. The molecular formula is C20H20ClFN4O. The Balaban J connectivity index is 1.40. The Labute approximate surface area is 161 Å². The van der Waals surface area contributed by atoms with Crippen LogP contribution in [0, 0.1) is 11.7 Å². The van der Waals surface area contributed by atoms with Crippen molar-refractivity contribution in [3.8, 4) is 0 Å². The molecule has 0 spiro atoms. The van der Waals surface area contributed by atoms with Gasteiger partial charge in [-0.2, -0.15) is 0 Å². The van der Waals surface area contributed by atoms with E-state index in [4.69, 9.17) is 11.6 Å². The maximum Gasteiger partial charge on any atom is 0.225 e. The van der Waals surface area contributed by atoms with Crippen molar-refractivity contribution in [3.63, 3.8) is 0 Å². The molecule has 5 nitrogen and oxygen atoms in total. The van der Waals surface area contributed by atoms with E-state index in [1.807, 2.05) is 18.2 Å². The number of fused-ring (bicyclic) bond motifs is 1. The summed E-state index contributed by atoms with van der Waals surface area (Å²) in [5.41, 5.74) is 2.63. The van der Waals surface area contributed by atoms with E-state index in [0.29, 0.717) is 18.1 Å². The number of H-pyrrole nitrogens is 1. The molecule has 1 amide bonds. The first-order chi connectivity index (χ1) is 13.1. The Bertz CT molecular complexity index is 956. The first-order valence-corrected chi connectivity index (χ1v) is 9.39. The number of carbonyl (C=O) groups is 1. The molecule has 2 heterocycles. The highest BCUT2D eigenvalue weighted by Gasteiger charge is 2.27. The maximum atomic E-state index is 13.0. The monoisotopic (exact) mass is 386 g/mol. The number of nitrogens with zero attached hydrogens (tertiary/aromatic N) is 2. The fourth-order valence-electron chi connectivity index (χ4n) is 3.44. The molecule has 1 fully saturated rings. The minimum absolute atomic E-state index is 0.0168. The molecule has 27 heavy (non-hydrogen) atoms. The highest BCUT2D eigenvalue weighted by molar-refractivity contribution is 6.31. The van der Waals surface area contributed by atoms with Crippen LogP contribution in [0.3, 0.4) is 0 Å². The van der Waals surface area contributed by atoms with Gasteiger partial charge in [-0.3, -0.25) is 4.79 Å². The number of nitrogens with one attached hydrogen (secondary N) is 2. The summed E-state index contributed by atoms with van der Waals surface area (Å²) in [6.45, 7) is 1.87. The minimum atomic E-state index is -0.278. The van der Waals surface area contributed by atoms with E-state index in [0.717, 1.165) is 41.9 Å². The molecule has 1 aromatic heterocycles. The normalized spacial score (nSPS) is 17.3. The second-order valence-electron chi connectivity index (χ2n) is 6.85. The molecular weight excluding hydrogens is 367 g/mol. The number of imidazole rings is 1. The van der Waals surface area contributed by atoms with E-state index in [9.17, 15) is 9.18 Å². The van der Waals surface area contributed by atoms with Gasteiger partial charge in [0.05, 0.1) is 17.0 Å². The van der Waals surface area contributed by atoms with E-state index in [1.54, 1.807) is 12.1 Å². The van der Waals surface area contributed by atoms with Crippen molar-refractivity contribution in [1.29, 1.82) is 0 Å². The summed E-state index contributed by atoms with van der Waals surface area (Å²) < 4.78 is 13.0. The van der Waals surface area contributed by atoms with Crippen LogP contribution in [0.1, 0.15) is 18.4 Å². The SMILES string of the molecule is O=C(NCc1ccc(F)cc1)C1CCCN(c2nc3ccc(Cl)cc3[nH]2)C1. The van der Waals surface area contributed by atoms with Gasteiger partial charge in [0.15, 0.2) is 0 Å². The van der Waals surface area contributed by atoms with Crippen LogP contribution in [-0.2, 0) is 11.3 Å². The molecule has 1 atom stereocenters. The summed E-state index contributed by atoms with van der Waals surface area (Å²) in [4.78, 5) is 22.6. The lowest BCUT2D eigenvalue weighted by Crippen LogP contribution is -2.43. The molecule has 2 N–H and O–H groups in total. The zero-order valence-corrected chi connectivity index (χ0v) is 15.5. The fraction of sp³-hybridized carbons (Fsp3) is 0.300. The van der Waals surface area contributed by atoms with Crippen LogP contribution in [0.5, 0.6) is 0 Å². The van der Waals surface area contributed by atoms with Gasteiger partial charge in [0.1, 0.15) is 5.82 Å². The van der Waals surface area contributed by atoms with Crippen molar-refractivity contribution < 1.29 is 9.18 Å². The van der Waals surface area contributed by atoms with Gasteiger partial charge >= 0.3 is 0 Å².